The first-order chi connectivity index (χ1) is 8.02. The maximum atomic E-state index is 11.7. The number of ether oxygens (including phenoxy) is 1. The van der Waals surface area contributed by atoms with Gasteiger partial charge in [0.05, 0.1) is 16.1 Å². The number of rotatable bonds is 6. The molecule has 17 heavy (non-hydrogen) atoms. The Balaban J connectivity index is 2.48. The van der Waals surface area contributed by atoms with Crippen LogP contribution in [0.3, 0.4) is 0 Å². The minimum Gasteiger partial charge on any atom is -0.382 e. The Kier molecular flexibility index (Phi) is 5.96. The zero-order valence-corrected chi connectivity index (χ0v) is 11.5. The van der Waals surface area contributed by atoms with E-state index in [9.17, 15) is 4.79 Å². The molecule has 0 amide bonds. The van der Waals surface area contributed by atoms with Gasteiger partial charge in [0, 0.05) is 20.0 Å². The molecule has 2 nitrogen and oxygen atoms in total. The highest BCUT2D eigenvalue weighted by atomic mass is 35.5. The first-order valence-corrected chi connectivity index (χ1v) is 6.27. The van der Waals surface area contributed by atoms with E-state index in [0.29, 0.717) is 22.9 Å². The normalized spacial score (nSPS) is 12.5. The predicted octanol–water partition coefficient (Wildman–Crippen LogP) is 3.92. The van der Waals surface area contributed by atoms with Crippen LogP contribution in [0.15, 0.2) is 18.2 Å². The second-order valence-electron chi connectivity index (χ2n) is 4.05. The van der Waals surface area contributed by atoms with Crippen molar-refractivity contribution in [3.63, 3.8) is 0 Å². The number of carbonyl (C=O) groups excluding carboxylic acids is 1. The highest BCUT2D eigenvalue weighted by molar-refractivity contribution is 6.42. The summed E-state index contributed by atoms with van der Waals surface area (Å²) in [5, 5.41) is 0.998. The zero-order chi connectivity index (χ0) is 12.8. The van der Waals surface area contributed by atoms with Crippen LogP contribution in [-0.2, 0) is 16.0 Å². The van der Waals surface area contributed by atoms with Crippen LogP contribution in [0.4, 0.5) is 0 Å². The lowest BCUT2D eigenvalue weighted by Gasteiger charge is -2.08. The molecule has 0 radical (unpaired) electrons. The van der Waals surface area contributed by atoms with Gasteiger partial charge in [0.25, 0.3) is 0 Å². The monoisotopic (exact) mass is 274 g/mol. The standard InChI is InChI=1S/C13H16Cl2O2/c1-9(17-2)3-5-11(16)7-10-4-6-12(14)13(15)8-10/h4,6,8-9H,3,5,7H2,1-2H3. The molecule has 0 aliphatic carbocycles. The molecule has 1 aromatic carbocycles. The minimum absolute atomic E-state index is 0.118. The fourth-order valence-electron chi connectivity index (χ4n) is 1.45. The van der Waals surface area contributed by atoms with Crippen LogP contribution >= 0.6 is 23.2 Å². The van der Waals surface area contributed by atoms with E-state index in [4.69, 9.17) is 27.9 Å². The van der Waals surface area contributed by atoms with Crippen LogP contribution in [0, 0.1) is 0 Å². The van der Waals surface area contributed by atoms with Crippen LogP contribution in [0.1, 0.15) is 25.3 Å². The fourth-order valence-corrected chi connectivity index (χ4v) is 1.77. The van der Waals surface area contributed by atoms with E-state index in [2.05, 4.69) is 0 Å². The molecule has 0 N–H and O–H groups in total. The lowest BCUT2D eigenvalue weighted by Crippen LogP contribution is -2.10. The van der Waals surface area contributed by atoms with Gasteiger partial charge in [-0.15, -0.1) is 0 Å². The number of methoxy groups -OCH3 is 1. The molecule has 94 valence electrons. The molecule has 4 heteroatoms. The molecule has 0 aliphatic heterocycles. The lowest BCUT2D eigenvalue weighted by molar-refractivity contribution is -0.119. The van der Waals surface area contributed by atoms with Crippen LogP contribution in [-0.4, -0.2) is 19.0 Å². The van der Waals surface area contributed by atoms with Crippen LogP contribution < -0.4 is 0 Å². The van der Waals surface area contributed by atoms with E-state index < -0.39 is 0 Å². The minimum atomic E-state index is 0.118. The van der Waals surface area contributed by atoms with Crippen molar-refractivity contribution in [2.75, 3.05) is 7.11 Å². The van der Waals surface area contributed by atoms with E-state index >= 15 is 0 Å². The smallest absolute Gasteiger partial charge is 0.137 e. The Morgan fingerprint density at radius 1 is 1.35 bits per heavy atom. The lowest BCUT2D eigenvalue weighted by atomic mass is 10.0. The van der Waals surface area contributed by atoms with Gasteiger partial charge in [-0.25, -0.2) is 0 Å². The molecule has 1 atom stereocenters. The Hall–Kier alpha value is -0.570. The van der Waals surface area contributed by atoms with Gasteiger partial charge < -0.3 is 4.74 Å². The third-order valence-electron chi connectivity index (χ3n) is 2.62. The summed E-state index contributed by atoms with van der Waals surface area (Å²) in [6, 6.07) is 5.28. The van der Waals surface area contributed by atoms with E-state index in [-0.39, 0.29) is 11.9 Å². The first-order valence-electron chi connectivity index (χ1n) is 5.51. The molecule has 1 unspecified atom stereocenters. The summed E-state index contributed by atoms with van der Waals surface area (Å²) in [5.41, 5.74) is 0.898. The topological polar surface area (TPSA) is 26.3 Å². The zero-order valence-electron chi connectivity index (χ0n) is 10.0. The van der Waals surface area contributed by atoms with Crippen molar-refractivity contribution < 1.29 is 9.53 Å². The van der Waals surface area contributed by atoms with Crippen LogP contribution in [0.5, 0.6) is 0 Å². The maximum absolute atomic E-state index is 11.7. The molecule has 0 heterocycles. The van der Waals surface area contributed by atoms with Crippen molar-refractivity contribution in [2.24, 2.45) is 0 Å². The van der Waals surface area contributed by atoms with Crippen molar-refractivity contribution >= 4 is 29.0 Å². The van der Waals surface area contributed by atoms with E-state index in [1.165, 1.54) is 0 Å². The summed E-state index contributed by atoms with van der Waals surface area (Å²) in [7, 11) is 1.65. The van der Waals surface area contributed by atoms with Gasteiger partial charge in [0.1, 0.15) is 5.78 Å². The van der Waals surface area contributed by atoms with Crippen LogP contribution in [0.2, 0.25) is 10.0 Å². The number of Topliss-reactive ketones (excluding diaryl/α,β-unsaturated/α-hetero) is 1. The number of hydrogen-bond donors (Lipinski definition) is 0. The van der Waals surface area contributed by atoms with Crippen molar-refractivity contribution in [2.45, 2.75) is 32.3 Å². The molecule has 0 fully saturated rings. The van der Waals surface area contributed by atoms with Gasteiger partial charge in [-0.1, -0.05) is 29.3 Å². The van der Waals surface area contributed by atoms with Gasteiger partial charge >= 0.3 is 0 Å². The van der Waals surface area contributed by atoms with Gasteiger partial charge in [0.15, 0.2) is 0 Å². The fraction of sp³-hybridized carbons (Fsp3) is 0.462. The van der Waals surface area contributed by atoms with Crippen molar-refractivity contribution in [3.8, 4) is 0 Å². The number of carbonyl (C=O) groups is 1. The molecular weight excluding hydrogens is 259 g/mol. The number of halogens is 2. The highest BCUT2D eigenvalue weighted by Gasteiger charge is 2.08. The summed E-state index contributed by atoms with van der Waals surface area (Å²) in [4.78, 5) is 11.7. The van der Waals surface area contributed by atoms with Gasteiger partial charge in [-0.05, 0) is 31.0 Å². The maximum Gasteiger partial charge on any atom is 0.137 e. The summed E-state index contributed by atoms with van der Waals surface area (Å²) >= 11 is 11.7. The summed E-state index contributed by atoms with van der Waals surface area (Å²) in [6.45, 7) is 1.95. The third-order valence-corrected chi connectivity index (χ3v) is 3.36. The average Bonchev–Trinajstić information content (AvgIpc) is 2.31. The molecule has 0 aliphatic rings. The van der Waals surface area contributed by atoms with E-state index in [1.54, 1.807) is 19.2 Å². The van der Waals surface area contributed by atoms with E-state index in [0.717, 1.165) is 12.0 Å². The Morgan fingerprint density at radius 2 is 2.06 bits per heavy atom. The van der Waals surface area contributed by atoms with Crippen LogP contribution in [0.25, 0.3) is 0 Å². The molecule has 0 spiro atoms. The largest absolute Gasteiger partial charge is 0.382 e. The van der Waals surface area contributed by atoms with Gasteiger partial charge in [0.2, 0.25) is 0 Å². The highest BCUT2D eigenvalue weighted by Crippen LogP contribution is 2.23. The summed E-state index contributed by atoms with van der Waals surface area (Å²) < 4.78 is 5.09. The van der Waals surface area contributed by atoms with Gasteiger partial charge in [-0.3, -0.25) is 4.79 Å². The number of benzene rings is 1. The van der Waals surface area contributed by atoms with E-state index in [1.807, 2.05) is 13.0 Å². The Labute approximate surface area is 112 Å². The predicted molar refractivity (Wildman–Crippen MR) is 70.9 cm³/mol. The summed E-state index contributed by atoms with van der Waals surface area (Å²) in [5.74, 6) is 0.187. The van der Waals surface area contributed by atoms with Crippen molar-refractivity contribution in [3.05, 3.63) is 33.8 Å². The second kappa shape index (κ2) is 7.00. The molecule has 0 aromatic heterocycles. The SMILES string of the molecule is COC(C)CCC(=O)Cc1ccc(Cl)c(Cl)c1. The quantitative estimate of drug-likeness (QED) is 0.786. The first kappa shape index (κ1) is 14.5. The van der Waals surface area contributed by atoms with Crippen molar-refractivity contribution in [1.29, 1.82) is 0 Å². The second-order valence-corrected chi connectivity index (χ2v) is 4.86. The molecule has 0 bridgehead atoms. The third kappa shape index (κ3) is 5.07. The number of hydrogen-bond acceptors (Lipinski definition) is 2. The molecule has 0 saturated carbocycles. The average molecular weight is 275 g/mol. The molecule has 1 aromatic rings. The van der Waals surface area contributed by atoms with Crippen molar-refractivity contribution in [1.82, 2.24) is 0 Å². The molecular formula is C13H16Cl2O2. The van der Waals surface area contributed by atoms with Gasteiger partial charge in [-0.2, -0.15) is 0 Å². The Bertz CT molecular complexity index is 391. The number of ketones is 1. The Morgan fingerprint density at radius 3 is 2.65 bits per heavy atom. The molecule has 1 rings (SSSR count). The molecule has 0 saturated heterocycles. The summed E-state index contributed by atoms with van der Waals surface area (Å²) in [6.07, 6.45) is 1.78.